The Bertz CT molecular complexity index is 438. The smallest absolute Gasteiger partial charge is 0.161 e. The summed E-state index contributed by atoms with van der Waals surface area (Å²) in [6.45, 7) is 5.82. The van der Waals surface area contributed by atoms with Crippen molar-refractivity contribution in [2.45, 2.75) is 25.5 Å². The molecule has 4 heteroatoms. The molecule has 1 aromatic rings. The number of nitrogens with zero attached hydrogens (tertiary/aromatic N) is 1. The van der Waals surface area contributed by atoms with Gasteiger partial charge in [-0.25, -0.2) is 0 Å². The molecule has 1 aromatic carbocycles. The zero-order chi connectivity index (χ0) is 13.2. The van der Waals surface area contributed by atoms with E-state index in [1.807, 2.05) is 24.3 Å². The van der Waals surface area contributed by atoms with Crippen molar-refractivity contribution in [1.82, 2.24) is 4.90 Å². The van der Waals surface area contributed by atoms with E-state index in [4.69, 9.17) is 15.2 Å². The zero-order valence-corrected chi connectivity index (χ0v) is 11.4. The van der Waals surface area contributed by atoms with E-state index in [-0.39, 0.29) is 12.1 Å². The summed E-state index contributed by atoms with van der Waals surface area (Å²) in [6, 6.07) is 8.14. The third-order valence-corrected chi connectivity index (χ3v) is 4.13. The van der Waals surface area contributed by atoms with Gasteiger partial charge in [-0.1, -0.05) is 19.1 Å². The predicted octanol–water partition coefficient (Wildman–Crippen LogP) is 1.50. The Kier molecular flexibility index (Phi) is 3.62. The van der Waals surface area contributed by atoms with E-state index in [2.05, 4.69) is 11.8 Å². The second-order valence-electron chi connectivity index (χ2n) is 5.69. The van der Waals surface area contributed by atoms with Gasteiger partial charge in [0.2, 0.25) is 0 Å². The number of para-hydroxylation sites is 2. The standard InChI is InChI=1S/C15H22N2O2/c1-11-6-7-17(9-13(11)16)8-12-10-18-14-4-2-3-5-15(14)19-12/h2-5,11-13H,6-10,16H2,1H3. The number of nitrogens with two attached hydrogens (primary N) is 1. The van der Waals surface area contributed by atoms with Gasteiger partial charge in [0.25, 0.3) is 0 Å². The molecule has 0 amide bonds. The first-order chi connectivity index (χ1) is 9.22. The molecule has 2 N–H and O–H groups in total. The van der Waals surface area contributed by atoms with Crippen molar-refractivity contribution in [3.63, 3.8) is 0 Å². The van der Waals surface area contributed by atoms with Crippen molar-refractivity contribution < 1.29 is 9.47 Å². The second kappa shape index (κ2) is 5.39. The molecule has 2 aliphatic heterocycles. The lowest BCUT2D eigenvalue weighted by molar-refractivity contribution is 0.0450. The fraction of sp³-hybridized carbons (Fsp3) is 0.600. The van der Waals surface area contributed by atoms with Crippen molar-refractivity contribution in [1.29, 1.82) is 0 Å². The van der Waals surface area contributed by atoms with Crippen LogP contribution >= 0.6 is 0 Å². The summed E-state index contributed by atoms with van der Waals surface area (Å²) in [7, 11) is 0. The van der Waals surface area contributed by atoms with Crippen LogP contribution in [-0.4, -0.2) is 43.3 Å². The molecule has 1 saturated heterocycles. The van der Waals surface area contributed by atoms with Gasteiger partial charge < -0.3 is 15.2 Å². The Hall–Kier alpha value is -1.26. The average Bonchev–Trinajstić information content (AvgIpc) is 2.43. The molecule has 0 radical (unpaired) electrons. The predicted molar refractivity (Wildman–Crippen MR) is 74.5 cm³/mol. The molecule has 3 rings (SSSR count). The molecule has 0 aromatic heterocycles. The van der Waals surface area contributed by atoms with E-state index in [9.17, 15) is 0 Å². The van der Waals surface area contributed by atoms with Crippen LogP contribution in [0.1, 0.15) is 13.3 Å². The van der Waals surface area contributed by atoms with E-state index >= 15 is 0 Å². The van der Waals surface area contributed by atoms with Gasteiger partial charge in [0.1, 0.15) is 12.7 Å². The topological polar surface area (TPSA) is 47.7 Å². The molecular formula is C15H22N2O2. The average molecular weight is 262 g/mol. The molecule has 19 heavy (non-hydrogen) atoms. The van der Waals surface area contributed by atoms with Gasteiger partial charge in [0.15, 0.2) is 11.5 Å². The van der Waals surface area contributed by atoms with E-state index in [1.165, 1.54) is 6.42 Å². The van der Waals surface area contributed by atoms with Crippen molar-refractivity contribution >= 4 is 0 Å². The number of likely N-dealkylation sites (tertiary alicyclic amines) is 1. The molecule has 2 aliphatic rings. The van der Waals surface area contributed by atoms with Gasteiger partial charge in [0, 0.05) is 19.1 Å². The van der Waals surface area contributed by atoms with Crippen LogP contribution < -0.4 is 15.2 Å². The van der Waals surface area contributed by atoms with E-state index in [1.54, 1.807) is 0 Å². The highest BCUT2D eigenvalue weighted by molar-refractivity contribution is 5.40. The Balaban J connectivity index is 1.57. The van der Waals surface area contributed by atoms with E-state index < -0.39 is 0 Å². The van der Waals surface area contributed by atoms with Gasteiger partial charge >= 0.3 is 0 Å². The minimum atomic E-state index is 0.107. The number of hydrogen-bond acceptors (Lipinski definition) is 4. The molecule has 2 heterocycles. The third kappa shape index (κ3) is 2.85. The Morgan fingerprint density at radius 3 is 2.89 bits per heavy atom. The molecular weight excluding hydrogens is 240 g/mol. The molecule has 3 atom stereocenters. The maximum absolute atomic E-state index is 6.14. The monoisotopic (exact) mass is 262 g/mol. The number of piperidine rings is 1. The Labute approximate surface area is 114 Å². The van der Waals surface area contributed by atoms with Crippen LogP contribution in [0.4, 0.5) is 0 Å². The minimum Gasteiger partial charge on any atom is -0.486 e. The summed E-state index contributed by atoms with van der Waals surface area (Å²) >= 11 is 0. The van der Waals surface area contributed by atoms with Gasteiger partial charge in [0.05, 0.1) is 0 Å². The molecule has 0 spiro atoms. The van der Waals surface area contributed by atoms with Crippen LogP contribution in [0.3, 0.4) is 0 Å². The maximum atomic E-state index is 6.14. The van der Waals surface area contributed by atoms with Crippen LogP contribution in [0.25, 0.3) is 0 Å². The summed E-state index contributed by atoms with van der Waals surface area (Å²) in [5, 5.41) is 0. The van der Waals surface area contributed by atoms with Gasteiger partial charge in [-0.05, 0) is 31.0 Å². The molecule has 4 nitrogen and oxygen atoms in total. The normalized spacial score (nSPS) is 31.2. The maximum Gasteiger partial charge on any atom is 0.161 e. The first kappa shape index (κ1) is 12.8. The SMILES string of the molecule is CC1CCN(CC2COc3ccccc3O2)CC1N. The van der Waals surface area contributed by atoms with Crippen molar-refractivity contribution in [2.24, 2.45) is 11.7 Å². The summed E-state index contributed by atoms with van der Waals surface area (Å²) < 4.78 is 11.7. The zero-order valence-electron chi connectivity index (χ0n) is 11.4. The number of benzene rings is 1. The number of ether oxygens (including phenoxy) is 2. The van der Waals surface area contributed by atoms with Crippen molar-refractivity contribution in [3.8, 4) is 11.5 Å². The molecule has 0 aliphatic carbocycles. The van der Waals surface area contributed by atoms with Crippen LogP contribution in [0.2, 0.25) is 0 Å². The molecule has 104 valence electrons. The number of rotatable bonds is 2. The molecule has 0 bridgehead atoms. The van der Waals surface area contributed by atoms with Gasteiger partial charge in [-0.2, -0.15) is 0 Å². The van der Waals surface area contributed by atoms with Crippen LogP contribution in [0.15, 0.2) is 24.3 Å². The van der Waals surface area contributed by atoms with Gasteiger partial charge in [-0.3, -0.25) is 4.90 Å². The summed E-state index contributed by atoms with van der Waals surface area (Å²) in [4.78, 5) is 2.40. The van der Waals surface area contributed by atoms with Crippen molar-refractivity contribution in [2.75, 3.05) is 26.2 Å². The first-order valence-corrected chi connectivity index (χ1v) is 7.09. The largest absolute Gasteiger partial charge is 0.486 e. The van der Waals surface area contributed by atoms with Crippen molar-refractivity contribution in [3.05, 3.63) is 24.3 Å². The first-order valence-electron chi connectivity index (χ1n) is 7.09. The molecule has 0 saturated carbocycles. The Morgan fingerprint density at radius 1 is 1.32 bits per heavy atom. The van der Waals surface area contributed by atoms with E-state index in [0.29, 0.717) is 12.5 Å². The van der Waals surface area contributed by atoms with E-state index in [0.717, 1.165) is 31.1 Å². The van der Waals surface area contributed by atoms with Gasteiger partial charge in [-0.15, -0.1) is 0 Å². The number of fused-ring (bicyclic) bond motifs is 1. The fourth-order valence-corrected chi connectivity index (χ4v) is 2.78. The quantitative estimate of drug-likeness (QED) is 0.877. The molecule has 3 unspecified atom stereocenters. The summed E-state index contributed by atoms with van der Waals surface area (Å²) in [5.74, 6) is 2.33. The minimum absolute atomic E-state index is 0.107. The fourth-order valence-electron chi connectivity index (χ4n) is 2.78. The highest BCUT2D eigenvalue weighted by Gasteiger charge is 2.27. The second-order valence-corrected chi connectivity index (χ2v) is 5.69. The number of hydrogen-bond donors (Lipinski definition) is 1. The molecule has 1 fully saturated rings. The lowest BCUT2D eigenvalue weighted by Gasteiger charge is -2.37. The lowest BCUT2D eigenvalue weighted by Crippen LogP contribution is -2.51. The summed E-state index contributed by atoms with van der Waals surface area (Å²) in [5.41, 5.74) is 6.14. The highest BCUT2D eigenvalue weighted by Crippen LogP contribution is 2.31. The lowest BCUT2D eigenvalue weighted by atomic mass is 9.94. The third-order valence-electron chi connectivity index (χ3n) is 4.13. The van der Waals surface area contributed by atoms with Crippen LogP contribution in [0, 0.1) is 5.92 Å². The highest BCUT2D eigenvalue weighted by atomic mass is 16.6. The van der Waals surface area contributed by atoms with Crippen LogP contribution in [0.5, 0.6) is 11.5 Å². The Morgan fingerprint density at radius 2 is 2.11 bits per heavy atom. The van der Waals surface area contributed by atoms with Crippen LogP contribution in [-0.2, 0) is 0 Å². The summed E-state index contributed by atoms with van der Waals surface area (Å²) in [6.07, 6.45) is 1.28.